The zero-order valence-corrected chi connectivity index (χ0v) is 7.46. The molecule has 0 aliphatic carbocycles. The Hall–Kier alpha value is 0.110. The quantitative estimate of drug-likeness (QED) is 0.561. The molecule has 2 nitrogen and oxygen atoms in total. The predicted octanol–water partition coefficient (Wildman–Crippen LogP) is 0.507. The zero-order valence-electron chi connectivity index (χ0n) is 6.64. The van der Waals surface area contributed by atoms with Gasteiger partial charge in [0.1, 0.15) is 0 Å². The van der Waals surface area contributed by atoms with E-state index in [1.165, 1.54) is 0 Å². The van der Waals surface area contributed by atoms with Crippen molar-refractivity contribution in [2.24, 2.45) is 0 Å². The highest BCUT2D eigenvalue weighted by Gasteiger charge is 2.26. The van der Waals surface area contributed by atoms with Gasteiger partial charge in [-0.2, -0.15) is 0 Å². The van der Waals surface area contributed by atoms with Crippen LogP contribution in [0, 0.1) is 0 Å². The maximum absolute atomic E-state index is 11.4. The Morgan fingerprint density at radius 2 is 2.10 bits per heavy atom. The number of hydrogen-bond acceptors (Lipinski definition) is 2. The number of hydrogen-bond donors (Lipinski definition) is 1. The van der Waals surface area contributed by atoms with E-state index in [1.807, 2.05) is 0 Å². The third-order valence-electron chi connectivity index (χ3n) is 1.98. The van der Waals surface area contributed by atoms with Gasteiger partial charge in [0, 0.05) is 27.8 Å². The van der Waals surface area contributed by atoms with Gasteiger partial charge in [-0.15, -0.1) is 0 Å². The van der Waals surface area contributed by atoms with Gasteiger partial charge in [-0.25, -0.2) is 0 Å². The van der Waals surface area contributed by atoms with E-state index in [2.05, 4.69) is 19.2 Å². The van der Waals surface area contributed by atoms with Crippen LogP contribution in [-0.4, -0.2) is 27.8 Å². The smallest absolute Gasteiger partial charge is 0.0415 e. The third-order valence-corrected chi connectivity index (χ3v) is 4.00. The predicted molar refractivity (Wildman–Crippen MR) is 44.6 cm³/mol. The van der Waals surface area contributed by atoms with E-state index < -0.39 is 10.8 Å². The molecule has 1 N–H and O–H groups in total. The molecule has 1 aliphatic rings. The first-order chi connectivity index (χ1) is 4.63. The summed E-state index contributed by atoms with van der Waals surface area (Å²) in [6.45, 7) is 6.08. The molecule has 0 radical (unpaired) electrons. The molecular formula is C7H15NOS. The van der Waals surface area contributed by atoms with Crippen LogP contribution in [0.25, 0.3) is 0 Å². The van der Waals surface area contributed by atoms with Crippen molar-refractivity contribution in [3.63, 3.8) is 0 Å². The van der Waals surface area contributed by atoms with Crippen LogP contribution in [0.5, 0.6) is 0 Å². The maximum Gasteiger partial charge on any atom is 0.0415 e. The first kappa shape index (κ1) is 8.21. The van der Waals surface area contributed by atoms with Crippen LogP contribution < -0.4 is 5.32 Å². The molecule has 3 heteroatoms. The summed E-state index contributed by atoms with van der Waals surface area (Å²) in [4.78, 5) is 0. The molecule has 60 valence electrons. The van der Waals surface area contributed by atoms with E-state index in [9.17, 15) is 4.21 Å². The van der Waals surface area contributed by atoms with Crippen molar-refractivity contribution in [2.75, 3.05) is 18.8 Å². The van der Waals surface area contributed by atoms with Crippen molar-refractivity contribution < 1.29 is 4.21 Å². The molecule has 0 spiro atoms. The van der Waals surface area contributed by atoms with Crippen molar-refractivity contribution in [3.05, 3.63) is 0 Å². The molecular weight excluding hydrogens is 146 g/mol. The summed E-state index contributed by atoms with van der Waals surface area (Å²) in [5.41, 5.74) is 0. The summed E-state index contributed by atoms with van der Waals surface area (Å²) in [6, 6.07) is 0. The van der Waals surface area contributed by atoms with Crippen molar-refractivity contribution in [2.45, 2.75) is 25.0 Å². The molecule has 0 bridgehead atoms. The highest BCUT2D eigenvalue weighted by molar-refractivity contribution is 7.86. The third kappa shape index (κ3) is 1.80. The molecule has 0 saturated carbocycles. The van der Waals surface area contributed by atoms with E-state index in [1.54, 1.807) is 0 Å². The maximum atomic E-state index is 11.4. The Morgan fingerprint density at radius 1 is 1.40 bits per heavy atom. The number of rotatable bonds is 0. The summed E-state index contributed by atoms with van der Waals surface area (Å²) in [7, 11) is -0.630. The minimum atomic E-state index is -0.630. The first-order valence-electron chi connectivity index (χ1n) is 3.72. The summed E-state index contributed by atoms with van der Waals surface area (Å²) in [5, 5.41) is 3.24. The fourth-order valence-electron chi connectivity index (χ4n) is 1.07. The average molecular weight is 161 g/mol. The summed E-state index contributed by atoms with van der Waals surface area (Å²) < 4.78 is 11.4. The molecule has 1 saturated heterocycles. The minimum Gasteiger partial charge on any atom is -0.316 e. The Bertz CT molecular complexity index is 145. The van der Waals surface area contributed by atoms with Gasteiger partial charge < -0.3 is 5.32 Å². The zero-order chi connectivity index (χ0) is 7.61. The van der Waals surface area contributed by atoms with E-state index in [-0.39, 0.29) is 4.75 Å². The van der Waals surface area contributed by atoms with Gasteiger partial charge in [-0.3, -0.25) is 4.21 Å². The highest BCUT2D eigenvalue weighted by Crippen LogP contribution is 2.18. The monoisotopic (exact) mass is 161 g/mol. The second kappa shape index (κ2) is 3.01. The molecule has 1 heterocycles. The molecule has 0 aromatic heterocycles. The van der Waals surface area contributed by atoms with Crippen molar-refractivity contribution in [1.82, 2.24) is 5.32 Å². The standard InChI is InChI=1S/C7H15NOS/c1-7(2)3-4-8-5-6-10(7)9/h8H,3-6H2,1-2H3/t10-/m0/s1. The van der Waals surface area contributed by atoms with Gasteiger partial charge in [0.05, 0.1) is 0 Å². The first-order valence-corrected chi connectivity index (χ1v) is 5.04. The van der Waals surface area contributed by atoms with Crippen molar-refractivity contribution in [3.8, 4) is 0 Å². The lowest BCUT2D eigenvalue weighted by Crippen LogP contribution is -2.27. The van der Waals surface area contributed by atoms with Crippen LogP contribution in [0.4, 0.5) is 0 Å². The second-order valence-electron chi connectivity index (χ2n) is 3.31. The van der Waals surface area contributed by atoms with Crippen molar-refractivity contribution in [1.29, 1.82) is 0 Å². The van der Waals surface area contributed by atoms with Gasteiger partial charge in [0.25, 0.3) is 0 Å². The molecule has 0 unspecified atom stereocenters. The largest absolute Gasteiger partial charge is 0.316 e. The molecule has 1 atom stereocenters. The van der Waals surface area contributed by atoms with Crippen LogP contribution in [0.2, 0.25) is 0 Å². The fraction of sp³-hybridized carbons (Fsp3) is 1.00. The van der Waals surface area contributed by atoms with Gasteiger partial charge in [0.2, 0.25) is 0 Å². The second-order valence-corrected chi connectivity index (χ2v) is 5.51. The minimum absolute atomic E-state index is 0.0312. The van der Waals surface area contributed by atoms with Gasteiger partial charge in [-0.05, 0) is 26.8 Å². The lowest BCUT2D eigenvalue weighted by atomic mass is 10.1. The van der Waals surface area contributed by atoms with Crippen LogP contribution in [0.15, 0.2) is 0 Å². The summed E-state index contributed by atoms with van der Waals surface area (Å²) >= 11 is 0. The van der Waals surface area contributed by atoms with Gasteiger partial charge >= 0.3 is 0 Å². The van der Waals surface area contributed by atoms with E-state index >= 15 is 0 Å². The Kier molecular flexibility index (Phi) is 2.47. The molecule has 10 heavy (non-hydrogen) atoms. The molecule has 1 fully saturated rings. The van der Waals surface area contributed by atoms with E-state index in [0.717, 1.165) is 25.3 Å². The molecule has 1 aliphatic heterocycles. The molecule has 0 amide bonds. The van der Waals surface area contributed by atoms with E-state index in [0.29, 0.717) is 0 Å². The lowest BCUT2D eigenvalue weighted by Gasteiger charge is -2.19. The van der Waals surface area contributed by atoms with Gasteiger partial charge in [-0.1, -0.05) is 0 Å². The van der Waals surface area contributed by atoms with Crippen LogP contribution in [-0.2, 0) is 10.8 Å². The van der Waals surface area contributed by atoms with E-state index in [4.69, 9.17) is 0 Å². The van der Waals surface area contributed by atoms with Crippen LogP contribution >= 0.6 is 0 Å². The Labute approximate surface area is 64.8 Å². The SMILES string of the molecule is CC1(C)CCNCC[S@@]1=O. The van der Waals surface area contributed by atoms with Crippen molar-refractivity contribution >= 4 is 10.8 Å². The topological polar surface area (TPSA) is 29.1 Å². The summed E-state index contributed by atoms with van der Waals surface area (Å²) in [5.74, 6) is 0.812. The molecule has 0 aromatic rings. The highest BCUT2D eigenvalue weighted by atomic mass is 32.2. The molecule has 1 rings (SSSR count). The summed E-state index contributed by atoms with van der Waals surface area (Å²) in [6.07, 6.45) is 1.03. The Balaban J connectivity index is 2.61. The Morgan fingerprint density at radius 3 is 2.80 bits per heavy atom. The fourth-order valence-corrected chi connectivity index (χ4v) is 2.28. The number of nitrogens with one attached hydrogen (secondary N) is 1. The van der Waals surface area contributed by atoms with Gasteiger partial charge in [0.15, 0.2) is 0 Å². The lowest BCUT2D eigenvalue weighted by molar-refractivity contribution is 0.582. The normalized spacial score (nSPS) is 33.2. The molecule has 0 aromatic carbocycles. The van der Waals surface area contributed by atoms with Crippen LogP contribution in [0.3, 0.4) is 0 Å². The van der Waals surface area contributed by atoms with Crippen LogP contribution in [0.1, 0.15) is 20.3 Å². The average Bonchev–Trinajstić information content (AvgIpc) is 1.96.